The van der Waals surface area contributed by atoms with Gasteiger partial charge in [0.05, 0.1) is 12.2 Å². The van der Waals surface area contributed by atoms with Crippen LogP contribution in [-0.4, -0.2) is 35.7 Å². The zero-order chi connectivity index (χ0) is 8.82. The molecule has 70 valence electrons. The number of morpholine rings is 1. The van der Waals surface area contributed by atoms with Crippen LogP contribution >= 0.6 is 0 Å². The van der Waals surface area contributed by atoms with E-state index in [1.54, 1.807) is 0 Å². The van der Waals surface area contributed by atoms with Crippen LogP contribution in [0.15, 0.2) is 0 Å². The molecule has 1 heterocycles. The number of rotatable bonds is 0. The first-order valence-corrected chi connectivity index (χ1v) is 4.91. The van der Waals surface area contributed by atoms with E-state index in [2.05, 4.69) is 25.7 Å². The SMILES string of the molecule is CC(C)(C)N1CCOC2(CC2)C1. The summed E-state index contributed by atoms with van der Waals surface area (Å²) in [6.45, 7) is 10.0. The molecule has 0 bridgehead atoms. The van der Waals surface area contributed by atoms with E-state index in [0.717, 1.165) is 19.7 Å². The van der Waals surface area contributed by atoms with Crippen LogP contribution in [0.25, 0.3) is 0 Å². The van der Waals surface area contributed by atoms with Crippen LogP contribution in [0.3, 0.4) is 0 Å². The minimum atomic E-state index is 0.283. The van der Waals surface area contributed by atoms with E-state index in [1.165, 1.54) is 12.8 Å². The average molecular weight is 169 g/mol. The number of hydrogen-bond donors (Lipinski definition) is 0. The van der Waals surface area contributed by atoms with E-state index < -0.39 is 0 Å². The summed E-state index contributed by atoms with van der Waals surface area (Å²) in [7, 11) is 0. The fourth-order valence-electron chi connectivity index (χ4n) is 1.86. The predicted molar refractivity (Wildman–Crippen MR) is 49.2 cm³/mol. The molecular weight excluding hydrogens is 150 g/mol. The molecule has 2 fully saturated rings. The van der Waals surface area contributed by atoms with Crippen molar-refractivity contribution in [2.75, 3.05) is 19.7 Å². The van der Waals surface area contributed by atoms with Gasteiger partial charge in [0, 0.05) is 18.6 Å². The zero-order valence-corrected chi connectivity index (χ0v) is 8.39. The van der Waals surface area contributed by atoms with Gasteiger partial charge in [0.25, 0.3) is 0 Å². The van der Waals surface area contributed by atoms with Crippen LogP contribution in [0.5, 0.6) is 0 Å². The van der Waals surface area contributed by atoms with Gasteiger partial charge >= 0.3 is 0 Å². The summed E-state index contributed by atoms with van der Waals surface area (Å²) in [6, 6.07) is 0. The lowest BCUT2D eigenvalue weighted by Gasteiger charge is -2.41. The van der Waals surface area contributed by atoms with Gasteiger partial charge in [-0.2, -0.15) is 0 Å². The maximum atomic E-state index is 5.76. The Kier molecular flexibility index (Phi) is 1.74. The second-order valence-corrected chi connectivity index (χ2v) is 5.12. The quantitative estimate of drug-likeness (QED) is 0.546. The van der Waals surface area contributed by atoms with E-state index in [4.69, 9.17) is 4.74 Å². The first-order chi connectivity index (χ1) is 5.52. The molecule has 1 saturated carbocycles. The molecule has 2 aliphatic rings. The third-order valence-corrected chi connectivity index (χ3v) is 3.00. The molecule has 1 aliphatic carbocycles. The highest BCUT2D eigenvalue weighted by molar-refractivity contribution is 5.02. The van der Waals surface area contributed by atoms with E-state index in [0.29, 0.717) is 5.54 Å². The standard InChI is InChI=1S/C10H19NO/c1-9(2,3)11-6-7-12-10(8-11)4-5-10/h4-8H2,1-3H3. The van der Waals surface area contributed by atoms with Crippen LogP contribution in [-0.2, 0) is 4.74 Å². The topological polar surface area (TPSA) is 12.5 Å². The van der Waals surface area contributed by atoms with Gasteiger partial charge in [-0.05, 0) is 33.6 Å². The van der Waals surface area contributed by atoms with Gasteiger partial charge in [0.15, 0.2) is 0 Å². The summed E-state index contributed by atoms with van der Waals surface area (Å²) in [5.74, 6) is 0. The summed E-state index contributed by atoms with van der Waals surface area (Å²) < 4.78 is 5.76. The Bertz CT molecular complexity index is 179. The fourth-order valence-corrected chi connectivity index (χ4v) is 1.86. The molecule has 2 heteroatoms. The summed E-state index contributed by atoms with van der Waals surface area (Å²) in [5, 5.41) is 0. The van der Waals surface area contributed by atoms with E-state index in [-0.39, 0.29) is 5.60 Å². The Morgan fingerprint density at radius 3 is 2.42 bits per heavy atom. The third kappa shape index (κ3) is 1.50. The number of nitrogens with zero attached hydrogens (tertiary/aromatic N) is 1. The first kappa shape index (κ1) is 8.52. The molecule has 0 aromatic rings. The third-order valence-electron chi connectivity index (χ3n) is 3.00. The van der Waals surface area contributed by atoms with Gasteiger partial charge in [-0.1, -0.05) is 0 Å². The Balaban J connectivity index is 1.99. The second-order valence-electron chi connectivity index (χ2n) is 5.12. The smallest absolute Gasteiger partial charge is 0.0811 e. The molecule has 0 aromatic heterocycles. The Morgan fingerprint density at radius 2 is 1.92 bits per heavy atom. The summed E-state index contributed by atoms with van der Waals surface area (Å²) >= 11 is 0. The van der Waals surface area contributed by atoms with Gasteiger partial charge < -0.3 is 4.74 Å². The summed E-state index contributed by atoms with van der Waals surface area (Å²) in [4.78, 5) is 2.55. The zero-order valence-electron chi connectivity index (χ0n) is 8.39. The molecule has 0 atom stereocenters. The largest absolute Gasteiger partial charge is 0.372 e. The highest BCUT2D eigenvalue weighted by Gasteiger charge is 2.48. The highest BCUT2D eigenvalue weighted by Crippen LogP contribution is 2.43. The van der Waals surface area contributed by atoms with Crippen LogP contribution in [0, 0.1) is 0 Å². The lowest BCUT2D eigenvalue weighted by Crippen LogP contribution is -2.52. The molecule has 0 amide bonds. The Labute approximate surface area is 74.9 Å². The van der Waals surface area contributed by atoms with E-state index in [9.17, 15) is 0 Å². The lowest BCUT2D eigenvalue weighted by molar-refractivity contribution is -0.0732. The lowest BCUT2D eigenvalue weighted by atomic mass is 10.0. The molecule has 0 radical (unpaired) electrons. The minimum absolute atomic E-state index is 0.283. The van der Waals surface area contributed by atoms with Crippen molar-refractivity contribution in [3.63, 3.8) is 0 Å². The monoisotopic (exact) mass is 169 g/mol. The van der Waals surface area contributed by atoms with Gasteiger partial charge in [0.2, 0.25) is 0 Å². The molecule has 1 aliphatic heterocycles. The predicted octanol–water partition coefficient (Wildman–Crippen LogP) is 1.65. The van der Waals surface area contributed by atoms with Crippen molar-refractivity contribution in [1.82, 2.24) is 4.90 Å². The minimum Gasteiger partial charge on any atom is -0.372 e. The Morgan fingerprint density at radius 1 is 1.25 bits per heavy atom. The maximum absolute atomic E-state index is 5.76. The summed E-state index contributed by atoms with van der Waals surface area (Å²) in [5.41, 5.74) is 0.602. The summed E-state index contributed by atoms with van der Waals surface area (Å²) in [6.07, 6.45) is 2.55. The van der Waals surface area contributed by atoms with Crippen molar-refractivity contribution in [2.45, 2.75) is 44.8 Å². The molecule has 0 unspecified atom stereocenters. The highest BCUT2D eigenvalue weighted by atomic mass is 16.5. The fraction of sp³-hybridized carbons (Fsp3) is 1.00. The van der Waals surface area contributed by atoms with Crippen molar-refractivity contribution in [1.29, 1.82) is 0 Å². The van der Waals surface area contributed by atoms with Crippen LogP contribution in [0.2, 0.25) is 0 Å². The van der Waals surface area contributed by atoms with Gasteiger partial charge in [-0.3, -0.25) is 4.90 Å². The molecule has 2 rings (SSSR count). The molecule has 1 saturated heterocycles. The van der Waals surface area contributed by atoms with Gasteiger partial charge in [-0.25, -0.2) is 0 Å². The van der Waals surface area contributed by atoms with Crippen molar-refractivity contribution in [3.05, 3.63) is 0 Å². The molecular formula is C10H19NO. The van der Waals surface area contributed by atoms with E-state index >= 15 is 0 Å². The van der Waals surface area contributed by atoms with Crippen molar-refractivity contribution >= 4 is 0 Å². The van der Waals surface area contributed by atoms with Crippen molar-refractivity contribution in [2.24, 2.45) is 0 Å². The van der Waals surface area contributed by atoms with Crippen LogP contribution < -0.4 is 0 Å². The van der Waals surface area contributed by atoms with Crippen LogP contribution in [0.1, 0.15) is 33.6 Å². The van der Waals surface area contributed by atoms with E-state index in [1.807, 2.05) is 0 Å². The van der Waals surface area contributed by atoms with Gasteiger partial charge in [0.1, 0.15) is 0 Å². The van der Waals surface area contributed by atoms with Crippen LogP contribution in [0.4, 0.5) is 0 Å². The van der Waals surface area contributed by atoms with Gasteiger partial charge in [-0.15, -0.1) is 0 Å². The maximum Gasteiger partial charge on any atom is 0.0811 e. The molecule has 1 spiro atoms. The van der Waals surface area contributed by atoms with Crippen molar-refractivity contribution < 1.29 is 4.74 Å². The molecule has 2 nitrogen and oxygen atoms in total. The molecule has 12 heavy (non-hydrogen) atoms. The molecule has 0 N–H and O–H groups in total. The average Bonchev–Trinajstić information content (AvgIpc) is 2.68. The molecule has 0 aromatic carbocycles. The van der Waals surface area contributed by atoms with Crippen molar-refractivity contribution in [3.8, 4) is 0 Å². The number of hydrogen-bond acceptors (Lipinski definition) is 2. The first-order valence-electron chi connectivity index (χ1n) is 4.91. The normalized spacial score (nSPS) is 29.2. The Hall–Kier alpha value is -0.0800. The second kappa shape index (κ2) is 2.46. The number of ether oxygens (including phenoxy) is 1.